The van der Waals surface area contributed by atoms with Gasteiger partial charge in [-0.2, -0.15) is 0 Å². The minimum absolute atomic E-state index is 0.0589. The van der Waals surface area contributed by atoms with Crippen LogP contribution in [0.4, 0.5) is 10.1 Å². The maximum absolute atomic E-state index is 13.8. The molecule has 0 atom stereocenters. The number of anilines is 1. The molecule has 2 aromatic rings. The summed E-state index contributed by atoms with van der Waals surface area (Å²) in [6.45, 7) is 1.06. The summed E-state index contributed by atoms with van der Waals surface area (Å²) in [6, 6.07) is 11.2. The smallest absolute Gasteiger partial charge is 0.261 e. The third-order valence-electron chi connectivity index (χ3n) is 6.63. The van der Waals surface area contributed by atoms with Crippen molar-refractivity contribution in [2.24, 2.45) is 5.92 Å². The van der Waals surface area contributed by atoms with E-state index in [2.05, 4.69) is 10.0 Å². The molecule has 2 amide bonds. The summed E-state index contributed by atoms with van der Waals surface area (Å²) in [7, 11) is -3.99. The van der Waals surface area contributed by atoms with E-state index in [1.54, 1.807) is 4.90 Å². The highest BCUT2D eigenvalue weighted by atomic mass is 32.2. The molecule has 2 aromatic carbocycles. The van der Waals surface area contributed by atoms with E-state index in [0.29, 0.717) is 31.5 Å². The number of para-hydroxylation sites is 1. The van der Waals surface area contributed by atoms with Crippen LogP contribution in [0.2, 0.25) is 0 Å². The van der Waals surface area contributed by atoms with Gasteiger partial charge in [-0.05, 0) is 62.1 Å². The molecule has 0 aromatic heterocycles. The average Bonchev–Trinajstić information content (AvgIpc) is 2.86. The summed E-state index contributed by atoms with van der Waals surface area (Å²) < 4.78 is 41.2. The molecule has 0 radical (unpaired) electrons. The van der Waals surface area contributed by atoms with Crippen LogP contribution in [-0.2, 0) is 14.8 Å². The van der Waals surface area contributed by atoms with E-state index in [1.807, 2.05) is 0 Å². The summed E-state index contributed by atoms with van der Waals surface area (Å²) in [5.74, 6) is -0.583. The second-order valence-corrected chi connectivity index (χ2v) is 10.7. The first kappa shape index (κ1) is 24.2. The SMILES string of the molecule is O=C(NC1CCN(C(=O)c2ccc(S(=O)(=O)Nc3ccccc3F)cc2)CC1)C1CCCCC1. The Morgan fingerprint density at radius 3 is 2.18 bits per heavy atom. The van der Waals surface area contributed by atoms with Crippen LogP contribution >= 0.6 is 0 Å². The Morgan fingerprint density at radius 1 is 0.882 bits per heavy atom. The van der Waals surface area contributed by atoms with Crippen LogP contribution in [0.3, 0.4) is 0 Å². The Balaban J connectivity index is 1.31. The lowest BCUT2D eigenvalue weighted by atomic mass is 9.88. The predicted octanol–water partition coefficient (Wildman–Crippen LogP) is 3.93. The van der Waals surface area contributed by atoms with Crippen molar-refractivity contribution in [1.82, 2.24) is 10.2 Å². The number of hydrogen-bond acceptors (Lipinski definition) is 4. The van der Waals surface area contributed by atoms with Gasteiger partial charge >= 0.3 is 0 Å². The number of nitrogens with zero attached hydrogens (tertiary/aromatic N) is 1. The van der Waals surface area contributed by atoms with E-state index >= 15 is 0 Å². The zero-order valence-electron chi connectivity index (χ0n) is 19.0. The molecular formula is C25H30FN3O4S. The van der Waals surface area contributed by atoms with Gasteiger partial charge < -0.3 is 10.2 Å². The molecule has 2 N–H and O–H groups in total. The first-order valence-electron chi connectivity index (χ1n) is 11.8. The van der Waals surface area contributed by atoms with Gasteiger partial charge in [0.2, 0.25) is 5.91 Å². The van der Waals surface area contributed by atoms with Crippen LogP contribution in [0.15, 0.2) is 53.4 Å². The molecule has 0 bridgehead atoms. The average molecular weight is 488 g/mol. The number of nitrogens with one attached hydrogen (secondary N) is 2. The van der Waals surface area contributed by atoms with Crippen molar-refractivity contribution < 1.29 is 22.4 Å². The zero-order chi connectivity index (χ0) is 24.1. The maximum Gasteiger partial charge on any atom is 0.261 e. The number of amides is 2. The van der Waals surface area contributed by atoms with Crippen molar-refractivity contribution in [2.75, 3.05) is 17.8 Å². The maximum atomic E-state index is 13.8. The van der Waals surface area contributed by atoms with Crippen molar-refractivity contribution in [1.29, 1.82) is 0 Å². The van der Waals surface area contributed by atoms with Crippen LogP contribution in [0.5, 0.6) is 0 Å². The Morgan fingerprint density at radius 2 is 1.53 bits per heavy atom. The normalized spacial score (nSPS) is 17.9. The molecule has 1 aliphatic carbocycles. The molecule has 182 valence electrons. The van der Waals surface area contributed by atoms with Gasteiger partial charge in [0.25, 0.3) is 15.9 Å². The Bertz CT molecular complexity index is 1120. The summed E-state index contributed by atoms with van der Waals surface area (Å²) >= 11 is 0. The van der Waals surface area contributed by atoms with Gasteiger partial charge in [-0.3, -0.25) is 14.3 Å². The highest BCUT2D eigenvalue weighted by Crippen LogP contribution is 2.25. The lowest BCUT2D eigenvalue weighted by Crippen LogP contribution is -2.48. The standard InChI is InChI=1S/C25H30FN3O4S/c26-22-8-4-5-9-23(22)28-34(32,33)21-12-10-19(11-13-21)25(31)29-16-14-20(15-17-29)27-24(30)18-6-2-1-3-7-18/h4-5,8-13,18,20,28H,1-3,6-7,14-17H2,(H,27,30). The molecule has 2 fully saturated rings. The number of rotatable bonds is 6. The molecule has 1 aliphatic heterocycles. The lowest BCUT2D eigenvalue weighted by Gasteiger charge is -2.33. The molecular weight excluding hydrogens is 457 g/mol. The summed E-state index contributed by atoms with van der Waals surface area (Å²) in [6.07, 6.45) is 6.76. The molecule has 1 saturated carbocycles. The predicted molar refractivity (Wildman–Crippen MR) is 127 cm³/mol. The Hall–Kier alpha value is -2.94. The van der Waals surface area contributed by atoms with Crippen molar-refractivity contribution >= 4 is 27.5 Å². The summed E-state index contributed by atoms with van der Waals surface area (Å²) in [5, 5.41) is 3.16. The minimum atomic E-state index is -3.99. The third kappa shape index (κ3) is 5.75. The molecule has 0 unspecified atom stereocenters. The minimum Gasteiger partial charge on any atom is -0.353 e. The number of halogens is 1. The number of piperidine rings is 1. The number of sulfonamides is 1. The van der Waals surface area contributed by atoms with E-state index in [-0.39, 0.29) is 34.4 Å². The Labute approximate surface area is 199 Å². The fourth-order valence-corrected chi connectivity index (χ4v) is 5.68. The topological polar surface area (TPSA) is 95.6 Å². The highest BCUT2D eigenvalue weighted by molar-refractivity contribution is 7.92. The van der Waals surface area contributed by atoms with Crippen LogP contribution < -0.4 is 10.0 Å². The number of carbonyl (C=O) groups is 2. The second-order valence-electron chi connectivity index (χ2n) is 9.02. The van der Waals surface area contributed by atoms with Crippen molar-refractivity contribution in [3.63, 3.8) is 0 Å². The van der Waals surface area contributed by atoms with Crippen LogP contribution in [-0.4, -0.2) is 44.3 Å². The summed E-state index contributed by atoms with van der Waals surface area (Å²) in [4.78, 5) is 27.0. The van der Waals surface area contributed by atoms with Gasteiger partial charge in [0.1, 0.15) is 5.82 Å². The number of likely N-dealkylation sites (tertiary alicyclic amines) is 1. The number of benzene rings is 2. The fraction of sp³-hybridized carbons (Fsp3) is 0.440. The second kappa shape index (κ2) is 10.5. The van der Waals surface area contributed by atoms with Crippen LogP contribution in [0.25, 0.3) is 0 Å². The highest BCUT2D eigenvalue weighted by Gasteiger charge is 2.28. The molecule has 9 heteroatoms. The van der Waals surface area contributed by atoms with Gasteiger partial charge in [-0.1, -0.05) is 31.4 Å². The number of hydrogen-bond donors (Lipinski definition) is 2. The van der Waals surface area contributed by atoms with Crippen LogP contribution in [0.1, 0.15) is 55.3 Å². The molecule has 34 heavy (non-hydrogen) atoms. The Kier molecular flexibility index (Phi) is 7.50. The monoisotopic (exact) mass is 487 g/mol. The van der Waals surface area contributed by atoms with Crippen molar-refractivity contribution in [2.45, 2.75) is 55.9 Å². The number of carbonyl (C=O) groups excluding carboxylic acids is 2. The molecule has 0 spiro atoms. The molecule has 1 heterocycles. The molecule has 1 saturated heterocycles. The van der Waals surface area contributed by atoms with Crippen LogP contribution in [0, 0.1) is 11.7 Å². The van der Waals surface area contributed by atoms with Gasteiger partial charge in [-0.25, -0.2) is 12.8 Å². The van der Waals surface area contributed by atoms with Crippen molar-refractivity contribution in [3.05, 3.63) is 59.9 Å². The fourth-order valence-electron chi connectivity index (χ4n) is 4.62. The van der Waals surface area contributed by atoms with Crippen molar-refractivity contribution in [3.8, 4) is 0 Å². The first-order valence-corrected chi connectivity index (χ1v) is 13.3. The van der Waals surface area contributed by atoms with Gasteiger partial charge in [0.05, 0.1) is 10.6 Å². The van der Waals surface area contributed by atoms with Gasteiger partial charge in [0, 0.05) is 30.6 Å². The third-order valence-corrected chi connectivity index (χ3v) is 8.02. The summed E-state index contributed by atoms with van der Waals surface area (Å²) in [5.41, 5.74) is 0.246. The molecule has 4 rings (SSSR count). The lowest BCUT2D eigenvalue weighted by molar-refractivity contribution is -0.126. The zero-order valence-corrected chi connectivity index (χ0v) is 19.8. The van der Waals surface area contributed by atoms with E-state index in [0.717, 1.165) is 25.7 Å². The van der Waals surface area contributed by atoms with E-state index < -0.39 is 15.8 Å². The van der Waals surface area contributed by atoms with E-state index in [9.17, 15) is 22.4 Å². The van der Waals surface area contributed by atoms with E-state index in [4.69, 9.17) is 0 Å². The quantitative estimate of drug-likeness (QED) is 0.646. The van der Waals surface area contributed by atoms with Gasteiger partial charge in [-0.15, -0.1) is 0 Å². The van der Waals surface area contributed by atoms with Gasteiger partial charge in [0.15, 0.2) is 0 Å². The first-order chi connectivity index (χ1) is 16.3. The molecule has 7 nitrogen and oxygen atoms in total. The van der Waals surface area contributed by atoms with E-state index in [1.165, 1.54) is 55.0 Å². The largest absolute Gasteiger partial charge is 0.353 e. The molecule has 2 aliphatic rings.